The summed E-state index contributed by atoms with van der Waals surface area (Å²) in [6.07, 6.45) is 6.80. The molecule has 1 aliphatic carbocycles. The van der Waals surface area contributed by atoms with E-state index in [1.807, 2.05) is 19.1 Å². The number of ether oxygens (including phenoxy) is 1. The van der Waals surface area contributed by atoms with Gasteiger partial charge in [0, 0.05) is 13.5 Å². The number of allylic oxidation sites excluding steroid dienone is 3. The number of ketones is 1. The fourth-order valence-electron chi connectivity index (χ4n) is 1.98. The Hall–Kier alpha value is -0.890. The molecule has 1 aliphatic rings. The van der Waals surface area contributed by atoms with Crippen LogP contribution in [0.3, 0.4) is 0 Å². The van der Waals surface area contributed by atoms with Gasteiger partial charge in [0.25, 0.3) is 0 Å². The molecule has 0 N–H and O–H groups in total. The largest absolute Gasteiger partial charge is 0.380 e. The molecule has 0 aromatic heterocycles. The van der Waals surface area contributed by atoms with E-state index in [0.717, 1.165) is 24.0 Å². The maximum atomic E-state index is 12.0. The van der Waals surface area contributed by atoms with Crippen molar-refractivity contribution in [1.29, 1.82) is 0 Å². The van der Waals surface area contributed by atoms with Gasteiger partial charge in [-0.25, -0.2) is 0 Å². The first-order valence-electron chi connectivity index (χ1n) is 5.59. The van der Waals surface area contributed by atoms with Gasteiger partial charge in [0.05, 0.1) is 12.5 Å². The van der Waals surface area contributed by atoms with Crippen molar-refractivity contribution in [2.75, 3.05) is 13.7 Å². The first kappa shape index (κ1) is 12.2. The van der Waals surface area contributed by atoms with E-state index in [0.29, 0.717) is 18.8 Å². The Morgan fingerprint density at radius 3 is 2.80 bits per heavy atom. The summed E-state index contributed by atoms with van der Waals surface area (Å²) in [6, 6.07) is 0. The molecule has 0 heterocycles. The van der Waals surface area contributed by atoms with Crippen LogP contribution in [0.1, 0.15) is 33.1 Å². The predicted octanol–water partition coefficient (Wildman–Crippen LogP) is 2.89. The van der Waals surface area contributed by atoms with Gasteiger partial charge in [0.1, 0.15) is 5.78 Å². The Kier molecular flexibility index (Phi) is 4.76. The van der Waals surface area contributed by atoms with E-state index in [-0.39, 0.29) is 5.92 Å². The van der Waals surface area contributed by atoms with Crippen molar-refractivity contribution >= 4 is 5.78 Å². The predicted molar refractivity (Wildman–Crippen MR) is 61.7 cm³/mol. The summed E-state index contributed by atoms with van der Waals surface area (Å²) in [5.74, 6) is 0.336. The maximum absolute atomic E-state index is 12.0. The van der Waals surface area contributed by atoms with Crippen LogP contribution in [-0.4, -0.2) is 19.5 Å². The van der Waals surface area contributed by atoms with E-state index in [2.05, 4.69) is 6.92 Å². The van der Waals surface area contributed by atoms with Crippen LogP contribution in [0.25, 0.3) is 0 Å². The summed E-state index contributed by atoms with van der Waals surface area (Å²) in [7, 11) is 1.67. The van der Waals surface area contributed by atoms with E-state index < -0.39 is 0 Å². The van der Waals surface area contributed by atoms with Crippen molar-refractivity contribution in [3.8, 4) is 0 Å². The van der Waals surface area contributed by atoms with Gasteiger partial charge < -0.3 is 4.74 Å². The second-order valence-corrected chi connectivity index (χ2v) is 4.09. The Labute approximate surface area is 92.0 Å². The Bertz CT molecular complexity index is 287. The molecule has 0 spiro atoms. The average molecular weight is 208 g/mol. The summed E-state index contributed by atoms with van der Waals surface area (Å²) in [4.78, 5) is 12.0. The summed E-state index contributed by atoms with van der Waals surface area (Å²) >= 11 is 0. The van der Waals surface area contributed by atoms with E-state index >= 15 is 0 Å². The minimum atomic E-state index is -0.00324. The number of Topliss-reactive ketones (excluding diaryl/α,β-unsaturated/α-hetero) is 1. The molecule has 84 valence electrons. The average Bonchev–Trinajstić information content (AvgIpc) is 2.57. The second kappa shape index (κ2) is 5.86. The third-order valence-corrected chi connectivity index (χ3v) is 2.80. The van der Waals surface area contributed by atoms with Crippen molar-refractivity contribution in [3.63, 3.8) is 0 Å². The highest BCUT2D eigenvalue weighted by Gasteiger charge is 2.26. The highest BCUT2D eigenvalue weighted by Crippen LogP contribution is 2.29. The van der Waals surface area contributed by atoms with Gasteiger partial charge in [-0.1, -0.05) is 31.1 Å². The van der Waals surface area contributed by atoms with Crippen LogP contribution < -0.4 is 0 Å². The molecule has 0 aromatic rings. The topological polar surface area (TPSA) is 26.3 Å². The van der Waals surface area contributed by atoms with Crippen LogP contribution in [0.4, 0.5) is 0 Å². The van der Waals surface area contributed by atoms with Gasteiger partial charge in [-0.15, -0.1) is 0 Å². The van der Waals surface area contributed by atoms with E-state index in [1.165, 1.54) is 0 Å². The number of rotatable bonds is 6. The van der Waals surface area contributed by atoms with Gasteiger partial charge in [-0.3, -0.25) is 4.79 Å². The smallest absolute Gasteiger partial charge is 0.144 e. The number of carbonyl (C=O) groups is 1. The Balaban J connectivity index is 2.61. The molecule has 0 aliphatic heterocycles. The molecular formula is C13H20O2. The van der Waals surface area contributed by atoms with Crippen LogP contribution in [-0.2, 0) is 9.53 Å². The summed E-state index contributed by atoms with van der Waals surface area (Å²) in [5, 5.41) is 0. The molecule has 0 fully saturated rings. The monoisotopic (exact) mass is 208 g/mol. The van der Waals surface area contributed by atoms with Crippen LogP contribution in [0.5, 0.6) is 0 Å². The second-order valence-electron chi connectivity index (χ2n) is 4.09. The molecule has 0 saturated heterocycles. The van der Waals surface area contributed by atoms with Gasteiger partial charge in [0.2, 0.25) is 0 Å². The number of methoxy groups -OCH3 is 1. The number of hydrogen-bond donors (Lipinski definition) is 0. The van der Waals surface area contributed by atoms with Gasteiger partial charge in [-0.05, 0) is 18.9 Å². The zero-order chi connectivity index (χ0) is 11.3. The molecule has 2 nitrogen and oxygen atoms in total. The quantitative estimate of drug-likeness (QED) is 0.671. The first-order valence-corrected chi connectivity index (χ1v) is 5.59. The molecule has 0 saturated carbocycles. The van der Waals surface area contributed by atoms with E-state index in [4.69, 9.17) is 4.74 Å². The normalized spacial score (nSPS) is 20.1. The summed E-state index contributed by atoms with van der Waals surface area (Å²) < 4.78 is 5.11. The summed E-state index contributed by atoms with van der Waals surface area (Å²) in [5.41, 5.74) is 2.26. The van der Waals surface area contributed by atoms with Crippen molar-refractivity contribution in [3.05, 3.63) is 23.3 Å². The van der Waals surface area contributed by atoms with Gasteiger partial charge in [0.15, 0.2) is 0 Å². The minimum Gasteiger partial charge on any atom is -0.380 e. The zero-order valence-corrected chi connectivity index (χ0v) is 9.88. The fourth-order valence-corrected chi connectivity index (χ4v) is 1.98. The lowest BCUT2D eigenvalue weighted by atomic mass is 9.90. The molecule has 0 bridgehead atoms. The number of hydrogen-bond acceptors (Lipinski definition) is 2. The lowest BCUT2D eigenvalue weighted by Gasteiger charge is -2.15. The van der Waals surface area contributed by atoms with Crippen molar-refractivity contribution < 1.29 is 9.53 Å². The molecule has 0 radical (unpaired) electrons. The van der Waals surface area contributed by atoms with Gasteiger partial charge >= 0.3 is 0 Å². The standard InChI is InChI=1S/C13H20O2/c1-4-5-6-12(14)13-10(2)7-8-11(13)9-15-3/h7-8,13H,4-6,9H2,1-3H3. The van der Waals surface area contributed by atoms with E-state index in [1.54, 1.807) is 7.11 Å². The number of unbranched alkanes of at least 4 members (excludes halogenated alkanes) is 1. The van der Waals surface area contributed by atoms with Crippen LogP contribution in [0.2, 0.25) is 0 Å². The SMILES string of the molecule is CCCCC(=O)C1C(C)=CC=C1COC. The highest BCUT2D eigenvalue weighted by atomic mass is 16.5. The maximum Gasteiger partial charge on any atom is 0.144 e. The van der Waals surface area contributed by atoms with Crippen molar-refractivity contribution in [2.45, 2.75) is 33.1 Å². The molecule has 1 rings (SSSR count). The molecule has 1 unspecified atom stereocenters. The lowest BCUT2D eigenvalue weighted by molar-refractivity contribution is -0.121. The molecule has 1 atom stereocenters. The highest BCUT2D eigenvalue weighted by molar-refractivity contribution is 5.87. The third kappa shape index (κ3) is 3.03. The molecule has 0 aromatic carbocycles. The molecule has 2 heteroatoms. The van der Waals surface area contributed by atoms with Gasteiger partial charge in [-0.2, -0.15) is 0 Å². The zero-order valence-electron chi connectivity index (χ0n) is 9.88. The summed E-state index contributed by atoms with van der Waals surface area (Å²) in [6.45, 7) is 4.70. The lowest BCUT2D eigenvalue weighted by Crippen LogP contribution is -2.18. The van der Waals surface area contributed by atoms with E-state index in [9.17, 15) is 4.79 Å². The minimum absolute atomic E-state index is 0.00324. The fraction of sp³-hybridized carbons (Fsp3) is 0.615. The first-order chi connectivity index (χ1) is 7.20. The number of carbonyl (C=O) groups excluding carboxylic acids is 1. The van der Waals surface area contributed by atoms with Crippen LogP contribution >= 0.6 is 0 Å². The van der Waals surface area contributed by atoms with Crippen LogP contribution in [0.15, 0.2) is 23.3 Å². The molecular weight excluding hydrogens is 188 g/mol. The van der Waals surface area contributed by atoms with Crippen molar-refractivity contribution in [1.82, 2.24) is 0 Å². The molecule has 15 heavy (non-hydrogen) atoms. The van der Waals surface area contributed by atoms with Crippen LogP contribution in [0, 0.1) is 5.92 Å². The Morgan fingerprint density at radius 1 is 1.47 bits per heavy atom. The van der Waals surface area contributed by atoms with Crippen molar-refractivity contribution in [2.24, 2.45) is 5.92 Å². The Morgan fingerprint density at radius 2 is 2.20 bits per heavy atom. The third-order valence-electron chi connectivity index (χ3n) is 2.80. The molecule has 0 amide bonds.